The third kappa shape index (κ3) is 2.08. The smallest absolute Gasteiger partial charge is 0.235 e. The van der Waals surface area contributed by atoms with E-state index in [2.05, 4.69) is 15.3 Å². The summed E-state index contributed by atoms with van der Waals surface area (Å²) in [6, 6.07) is 5.43. The lowest BCUT2D eigenvalue weighted by atomic mass is 10.2. The molecule has 0 saturated carbocycles. The summed E-state index contributed by atoms with van der Waals surface area (Å²) in [6.45, 7) is 0.758. The molecule has 1 aliphatic rings. The van der Waals surface area contributed by atoms with E-state index in [9.17, 15) is 0 Å². The number of nitrogen functional groups attached to an aromatic ring is 1. The minimum absolute atomic E-state index is 0.0291. The van der Waals surface area contributed by atoms with Gasteiger partial charge < -0.3 is 10.5 Å². The van der Waals surface area contributed by atoms with Crippen molar-refractivity contribution in [1.29, 1.82) is 0 Å². The molecule has 1 aromatic carbocycles. The van der Waals surface area contributed by atoms with Crippen LogP contribution in [0, 0.1) is 0 Å². The van der Waals surface area contributed by atoms with Crippen molar-refractivity contribution < 1.29 is 4.74 Å². The highest BCUT2D eigenvalue weighted by Gasteiger charge is 2.25. The second kappa shape index (κ2) is 4.94. The Balaban J connectivity index is 1.84. The van der Waals surface area contributed by atoms with Gasteiger partial charge in [-0.25, -0.2) is 0 Å². The Morgan fingerprint density at radius 3 is 3.05 bits per heavy atom. The zero-order valence-electron chi connectivity index (χ0n) is 11.0. The normalized spacial score (nSPS) is 18.6. The maximum absolute atomic E-state index is 6.24. The van der Waals surface area contributed by atoms with Crippen LogP contribution in [0.25, 0.3) is 15.5 Å². The van der Waals surface area contributed by atoms with Crippen LogP contribution in [0.1, 0.15) is 24.8 Å². The van der Waals surface area contributed by atoms with Crippen LogP contribution in [-0.2, 0) is 4.74 Å². The summed E-state index contributed by atoms with van der Waals surface area (Å²) in [5.74, 6) is 0.746. The second-order valence-corrected chi connectivity index (χ2v) is 6.23. The van der Waals surface area contributed by atoms with Crippen molar-refractivity contribution in [2.45, 2.75) is 18.9 Å². The van der Waals surface area contributed by atoms with E-state index in [1.54, 1.807) is 10.6 Å². The summed E-state index contributed by atoms with van der Waals surface area (Å²) < 4.78 is 7.39. The van der Waals surface area contributed by atoms with Crippen LogP contribution in [-0.4, -0.2) is 26.4 Å². The van der Waals surface area contributed by atoms with Gasteiger partial charge in [-0.15, -0.1) is 10.2 Å². The summed E-state index contributed by atoms with van der Waals surface area (Å²) >= 11 is 7.66. The molecule has 1 fully saturated rings. The van der Waals surface area contributed by atoms with E-state index < -0.39 is 0 Å². The number of anilines is 1. The lowest BCUT2D eigenvalue weighted by Crippen LogP contribution is -2.03. The molecule has 0 amide bonds. The van der Waals surface area contributed by atoms with Crippen LogP contribution < -0.4 is 5.73 Å². The van der Waals surface area contributed by atoms with Gasteiger partial charge in [0, 0.05) is 12.3 Å². The average molecular weight is 322 g/mol. The molecule has 4 rings (SSSR count). The minimum Gasteiger partial charge on any atom is -0.398 e. The van der Waals surface area contributed by atoms with Crippen LogP contribution in [0.15, 0.2) is 18.2 Å². The predicted octanol–water partition coefficient (Wildman–Crippen LogP) is 2.94. The number of benzene rings is 1. The monoisotopic (exact) mass is 321 g/mol. The Hall–Kier alpha value is -1.70. The maximum atomic E-state index is 6.24. The molecule has 0 spiro atoms. The standard InChI is InChI=1S/C13H12ClN5OS/c14-7-3-1-4-8(15)10(7)12-18-19-11(9-5-2-6-20-9)16-17-13(19)21-12/h1,3-4,9H,2,5-6,15H2. The number of hydrogen-bond donors (Lipinski definition) is 1. The van der Waals surface area contributed by atoms with Crippen molar-refractivity contribution in [3.05, 3.63) is 29.0 Å². The Bertz CT molecular complexity index is 788. The summed E-state index contributed by atoms with van der Waals surface area (Å²) in [6.07, 6.45) is 1.95. The highest BCUT2D eigenvalue weighted by molar-refractivity contribution is 7.20. The Kier molecular flexibility index (Phi) is 3.06. The van der Waals surface area contributed by atoms with Gasteiger partial charge in [-0.3, -0.25) is 0 Å². The number of nitrogens with two attached hydrogens (primary N) is 1. The fraction of sp³-hybridized carbons (Fsp3) is 0.308. The topological polar surface area (TPSA) is 78.3 Å². The van der Waals surface area contributed by atoms with Gasteiger partial charge in [0.25, 0.3) is 0 Å². The number of hydrogen-bond acceptors (Lipinski definition) is 6. The van der Waals surface area contributed by atoms with E-state index in [-0.39, 0.29) is 6.10 Å². The molecule has 1 atom stereocenters. The van der Waals surface area contributed by atoms with Crippen molar-refractivity contribution in [3.8, 4) is 10.6 Å². The molecule has 0 aliphatic carbocycles. The molecule has 2 N–H and O–H groups in total. The molecule has 0 bridgehead atoms. The van der Waals surface area contributed by atoms with Crippen LogP contribution in [0.2, 0.25) is 5.02 Å². The number of rotatable bonds is 2. The van der Waals surface area contributed by atoms with Gasteiger partial charge in [0.1, 0.15) is 6.10 Å². The van der Waals surface area contributed by atoms with E-state index in [1.807, 2.05) is 12.1 Å². The van der Waals surface area contributed by atoms with Gasteiger partial charge in [0.05, 0.1) is 10.6 Å². The lowest BCUT2D eigenvalue weighted by Gasteiger charge is -2.05. The van der Waals surface area contributed by atoms with E-state index >= 15 is 0 Å². The molecule has 8 heteroatoms. The summed E-state index contributed by atoms with van der Waals surface area (Å²) in [5, 5.41) is 14.3. The third-order valence-electron chi connectivity index (χ3n) is 3.49. The zero-order chi connectivity index (χ0) is 14.4. The summed E-state index contributed by atoms with van der Waals surface area (Å²) in [4.78, 5) is 0.717. The first-order chi connectivity index (χ1) is 10.2. The van der Waals surface area contributed by atoms with Gasteiger partial charge >= 0.3 is 0 Å². The molecule has 21 heavy (non-hydrogen) atoms. The zero-order valence-corrected chi connectivity index (χ0v) is 12.6. The van der Waals surface area contributed by atoms with Gasteiger partial charge in [-0.05, 0) is 25.0 Å². The first-order valence-electron chi connectivity index (χ1n) is 6.62. The van der Waals surface area contributed by atoms with E-state index in [0.717, 1.165) is 40.8 Å². The molecule has 1 saturated heterocycles. The number of nitrogens with zero attached hydrogens (tertiary/aromatic N) is 4. The van der Waals surface area contributed by atoms with Crippen LogP contribution in [0.5, 0.6) is 0 Å². The van der Waals surface area contributed by atoms with Crippen LogP contribution in [0.4, 0.5) is 5.69 Å². The largest absolute Gasteiger partial charge is 0.398 e. The van der Waals surface area contributed by atoms with Gasteiger partial charge in [0.15, 0.2) is 10.8 Å². The number of fused-ring (bicyclic) bond motifs is 1. The van der Waals surface area contributed by atoms with E-state index in [0.29, 0.717) is 10.7 Å². The quantitative estimate of drug-likeness (QED) is 0.734. The molecule has 1 aliphatic heterocycles. The fourth-order valence-corrected chi connectivity index (χ4v) is 3.74. The Labute approximate surface area is 129 Å². The van der Waals surface area contributed by atoms with Crippen LogP contribution in [0.3, 0.4) is 0 Å². The third-order valence-corrected chi connectivity index (χ3v) is 4.72. The molecule has 3 aromatic rings. The highest BCUT2D eigenvalue weighted by Crippen LogP contribution is 2.36. The van der Waals surface area contributed by atoms with E-state index in [4.69, 9.17) is 22.1 Å². The number of ether oxygens (including phenoxy) is 1. The van der Waals surface area contributed by atoms with Crippen molar-refractivity contribution >= 4 is 33.6 Å². The molecule has 6 nitrogen and oxygen atoms in total. The van der Waals surface area contributed by atoms with Gasteiger partial charge in [-0.1, -0.05) is 29.0 Å². The highest BCUT2D eigenvalue weighted by atomic mass is 35.5. The van der Waals surface area contributed by atoms with Crippen molar-refractivity contribution in [2.24, 2.45) is 0 Å². The van der Waals surface area contributed by atoms with Gasteiger partial charge in [-0.2, -0.15) is 9.61 Å². The molecular formula is C13H12ClN5OS. The molecule has 108 valence electrons. The van der Waals surface area contributed by atoms with Crippen molar-refractivity contribution in [1.82, 2.24) is 19.8 Å². The maximum Gasteiger partial charge on any atom is 0.235 e. The predicted molar refractivity (Wildman–Crippen MR) is 81.4 cm³/mol. The molecule has 1 unspecified atom stereocenters. The average Bonchev–Trinajstić information content (AvgIpc) is 3.13. The first kappa shape index (κ1) is 13.0. The summed E-state index contributed by atoms with van der Waals surface area (Å²) in [5.41, 5.74) is 7.36. The molecular weight excluding hydrogens is 310 g/mol. The minimum atomic E-state index is -0.0291. The Morgan fingerprint density at radius 2 is 2.29 bits per heavy atom. The fourth-order valence-electron chi connectivity index (χ4n) is 2.48. The summed E-state index contributed by atoms with van der Waals surface area (Å²) in [7, 11) is 0. The molecule has 2 aromatic heterocycles. The lowest BCUT2D eigenvalue weighted by molar-refractivity contribution is 0.103. The van der Waals surface area contributed by atoms with Gasteiger partial charge in [0.2, 0.25) is 4.96 Å². The molecule has 3 heterocycles. The first-order valence-corrected chi connectivity index (χ1v) is 7.81. The Morgan fingerprint density at radius 1 is 1.38 bits per heavy atom. The van der Waals surface area contributed by atoms with Crippen molar-refractivity contribution in [2.75, 3.05) is 12.3 Å². The second-order valence-electron chi connectivity index (χ2n) is 4.87. The number of halogens is 1. The SMILES string of the molecule is Nc1cccc(Cl)c1-c1nn2c(C3CCCO3)nnc2s1. The van der Waals surface area contributed by atoms with Crippen LogP contribution >= 0.6 is 22.9 Å². The van der Waals surface area contributed by atoms with Crippen molar-refractivity contribution in [3.63, 3.8) is 0 Å². The number of aromatic nitrogens is 4. The van der Waals surface area contributed by atoms with E-state index in [1.165, 1.54) is 11.3 Å². The molecule has 0 radical (unpaired) electrons.